The van der Waals surface area contributed by atoms with E-state index in [1.54, 1.807) is 13.0 Å². The zero-order valence-corrected chi connectivity index (χ0v) is 7.80. The van der Waals surface area contributed by atoms with Gasteiger partial charge in [0.1, 0.15) is 6.10 Å². The van der Waals surface area contributed by atoms with Gasteiger partial charge in [-0.1, -0.05) is 6.08 Å². The van der Waals surface area contributed by atoms with Crippen LogP contribution in [0.1, 0.15) is 6.92 Å². The molecular weight excluding hydrogens is 176 g/mol. The summed E-state index contributed by atoms with van der Waals surface area (Å²) in [5.74, 6) is -0.303. The molecule has 5 heteroatoms. The van der Waals surface area contributed by atoms with Crippen LogP contribution in [0.2, 0.25) is 0 Å². The molecule has 0 heterocycles. The lowest BCUT2D eigenvalue weighted by atomic mass is 10.4. The van der Waals surface area contributed by atoms with Crippen LogP contribution in [0, 0.1) is 0 Å². The van der Waals surface area contributed by atoms with E-state index < -0.39 is 6.10 Å². The summed E-state index contributed by atoms with van der Waals surface area (Å²) in [6.07, 6.45) is 2.04. The van der Waals surface area contributed by atoms with Crippen molar-refractivity contribution in [2.45, 2.75) is 13.0 Å². The van der Waals surface area contributed by atoms with Gasteiger partial charge in [0, 0.05) is 6.08 Å². The van der Waals surface area contributed by atoms with E-state index in [0.717, 1.165) is 0 Å². The van der Waals surface area contributed by atoms with Gasteiger partial charge in [-0.05, 0) is 6.92 Å². The minimum Gasteiger partial charge on any atom is -0.466 e. The lowest BCUT2D eigenvalue weighted by Crippen LogP contribution is -2.15. The fourth-order valence-corrected chi connectivity index (χ4v) is 0.262. The third-order valence-corrected chi connectivity index (χ3v) is 0.925. The summed E-state index contributed by atoms with van der Waals surface area (Å²) in [5.41, 5.74) is 0. The predicted molar refractivity (Wildman–Crippen MR) is 47.0 cm³/mol. The van der Waals surface area contributed by atoms with Crippen LogP contribution >= 0.6 is 0 Å². The summed E-state index contributed by atoms with van der Waals surface area (Å²) in [6.45, 7) is 1.03. The highest BCUT2D eigenvalue weighted by molar-refractivity contribution is 5.81. The van der Waals surface area contributed by atoms with Gasteiger partial charge in [-0.25, -0.2) is 4.79 Å². The largest absolute Gasteiger partial charge is 0.466 e. The number of carbonyl (C=O) groups is 1. The van der Waals surface area contributed by atoms with Crippen LogP contribution < -0.4 is 0 Å². The van der Waals surface area contributed by atoms with Gasteiger partial charge < -0.3 is 20.1 Å². The minimum atomic E-state index is -0.954. The molecule has 0 saturated heterocycles. The first-order chi connectivity index (χ1) is 6.12. The molecule has 0 aromatic rings. The number of carbonyl (C=O) groups excluding carboxylic acids is 1. The molecule has 0 aliphatic heterocycles. The number of ether oxygens (including phenoxy) is 1. The molecule has 0 aromatic heterocycles. The smallest absolute Gasteiger partial charge is 0.330 e. The number of hydrogen-bond donors (Lipinski definition) is 3. The molecule has 0 bridgehead atoms. The molecule has 0 rings (SSSR count). The lowest BCUT2D eigenvalue weighted by Gasteiger charge is -1.96. The summed E-state index contributed by atoms with van der Waals surface area (Å²) < 4.78 is 4.26. The number of hydrogen-bond acceptors (Lipinski definition) is 5. The number of allylic oxidation sites excluding steroid dienone is 1. The second-order valence-corrected chi connectivity index (χ2v) is 2.04. The molecule has 0 saturated carbocycles. The Morgan fingerprint density at radius 1 is 1.46 bits per heavy atom. The van der Waals surface area contributed by atoms with Gasteiger partial charge in [0.25, 0.3) is 0 Å². The molecule has 5 nitrogen and oxygen atoms in total. The van der Waals surface area contributed by atoms with Gasteiger partial charge >= 0.3 is 5.97 Å². The highest BCUT2D eigenvalue weighted by Crippen LogP contribution is 1.73. The molecular formula is C8H16O5. The van der Waals surface area contributed by atoms with Crippen molar-refractivity contribution in [1.82, 2.24) is 0 Å². The maximum atomic E-state index is 10.1. The first kappa shape index (κ1) is 14.6. The summed E-state index contributed by atoms with van der Waals surface area (Å²) in [6, 6.07) is 0. The van der Waals surface area contributed by atoms with Gasteiger partial charge in [-0.2, -0.15) is 0 Å². The first-order valence-electron chi connectivity index (χ1n) is 3.72. The fraction of sp³-hybridized carbons (Fsp3) is 0.625. The average Bonchev–Trinajstić information content (AvgIpc) is 2.18. The zero-order chi connectivity index (χ0) is 10.7. The third-order valence-electron chi connectivity index (χ3n) is 0.925. The van der Waals surface area contributed by atoms with Crippen molar-refractivity contribution in [3.8, 4) is 0 Å². The Bertz CT molecular complexity index is 139. The fourth-order valence-electron chi connectivity index (χ4n) is 0.262. The Hall–Kier alpha value is -0.910. The van der Waals surface area contributed by atoms with Crippen molar-refractivity contribution in [1.29, 1.82) is 0 Å². The molecule has 0 aliphatic rings. The van der Waals surface area contributed by atoms with E-state index in [-0.39, 0.29) is 19.2 Å². The molecule has 0 fully saturated rings. The van der Waals surface area contributed by atoms with Gasteiger partial charge in [-0.3, -0.25) is 0 Å². The van der Waals surface area contributed by atoms with Gasteiger partial charge in [0.2, 0.25) is 0 Å². The second kappa shape index (κ2) is 11.1. The average molecular weight is 192 g/mol. The zero-order valence-electron chi connectivity index (χ0n) is 7.80. The summed E-state index contributed by atoms with van der Waals surface area (Å²) >= 11 is 0. The molecule has 0 radical (unpaired) electrons. The van der Waals surface area contributed by atoms with Crippen LogP contribution in [0.4, 0.5) is 0 Å². The van der Waals surface area contributed by atoms with Crippen molar-refractivity contribution < 1.29 is 24.9 Å². The SMILES string of the molecule is CC=CC(=O)OC.OCC(O)CO. The van der Waals surface area contributed by atoms with Crippen molar-refractivity contribution in [2.24, 2.45) is 0 Å². The Labute approximate surface area is 77.3 Å². The highest BCUT2D eigenvalue weighted by atomic mass is 16.5. The molecule has 0 unspecified atom stereocenters. The van der Waals surface area contributed by atoms with Crippen molar-refractivity contribution in [3.63, 3.8) is 0 Å². The van der Waals surface area contributed by atoms with E-state index in [2.05, 4.69) is 4.74 Å². The summed E-state index contributed by atoms with van der Waals surface area (Å²) in [4.78, 5) is 10.1. The van der Waals surface area contributed by atoms with E-state index in [9.17, 15) is 4.79 Å². The standard InChI is InChI=1S/C5H8O2.C3H8O3/c1-3-4-5(6)7-2;4-1-3(6)2-5/h3-4H,1-2H3;3-6H,1-2H2. The van der Waals surface area contributed by atoms with Crippen molar-refractivity contribution >= 4 is 5.97 Å². The Morgan fingerprint density at radius 3 is 2.00 bits per heavy atom. The van der Waals surface area contributed by atoms with Crippen LogP contribution in [-0.2, 0) is 9.53 Å². The Morgan fingerprint density at radius 2 is 1.92 bits per heavy atom. The predicted octanol–water partition coefficient (Wildman–Crippen LogP) is -0.933. The molecule has 0 amide bonds. The maximum absolute atomic E-state index is 10.1. The minimum absolute atomic E-state index is 0.303. The van der Waals surface area contributed by atoms with E-state index in [4.69, 9.17) is 15.3 Å². The lowest BCUT2D eigenvalue weighted by molar-refractivity contribution is -0.134. The molecule has 13 heavy (non-hydrogen) atoms. The molecule has 78 valence electrons. The number of esters is 1. The van der Waals surface area contributed by atoms with Gasteiger partial charge in [-0.15, -0.1) is 0 Å². The summed E-state index contributed by atoms with van der Waals surface area (Å²) in [7, 11) is 1.35. The van der Waals surface area contributed by atoms with Crippen LogP contribution in [0.5, 0.6) is 0 Å². The van der Waals surface area contributed by atoms with Crippen LogP contribution in [0.25, 0.3) is 0 Å². The molecule has 3 N–H and O–H groups in total. The van der Waals surface area contributed by atoms with E-state index in [1.165, 1.54) is 13.2 Å². The van der Waals surface area contributed by atoms with Crippen LogP contribution in [0.15, 0.2) is 12.2 Å². The quantitative estimate of drug-likeness (QED) is 0.397. The second-order valence-electron chi connectivity index (χ2n) is 2.04. The number of aliphatic hydroxyl groups excluding tert-OH is 3. The maximum Gasteiger partial charge on any atom is 0.330 e. The number of methoxy groups -OCH3 is 1. The number of rotatable bonds is 3. The summed E-state index contributed by atoms with van der Waals surface area (Å²) in [5, 5.41) is 24.0. The Kier molecular flexibility index (Phi) is 12.5. The van der Waals surface area contributed by atoms with Crippen molar-refractivity contribution in [2.75, 3.05) is 20.3 Å². The molecule has 0 aromatic carbocycles. The van der Waals surface area contributed by atoms with Crippen molar-refractivity contribution in [3.05, 3.63) is 12.2 Å². The topological polar surface area (TPSA) is 87.0 Å². The van der Waals surface area contributed by atoms with Gasteiger partial charge in [0.05, 0.1) is 20.3 Å². The molecule has 0 aliphatic carbocycles. The first-order valence-corrected chi connectivity index (χ1v) is 3.72. The third kappa shape index (κ3) is 14.0. The van der Waals surface area contributed by atoms with Crippen LogP contribution in [0.3, 0.4) is 0 Å². The monoisotopic (exact) mass is 192 g/mol. The number of aliphatic hydroxyl groups is 3. The molecule has 0 atom stereocenters. The normalized spacial score (nSPS) is 9.69. The van der Waals surface area contributed by atoms with E-state index in [0.29, 0.717) is 0 Å². The Balaban J connectivity index is 0. The van der Waals surface area contributed by atoms with Crippen LogP contribution in [-0.4, -0.2) is 47.7 Å². The van der Waals surface area contributed by atoms with Gasteiger partial charge in [0.15, 0.2) is 0 Å². The molecule has 0 spiro atoms. The van der Waals surface area contributed by atoms with E-state index in [1.807, 2.05) is 0 Å². The highest BCUT2D eigenvalue weighted by Gasteiger charge is 1.93. The van der Waals surface area contributed by atoms with E-state index >= 15 is 0 Å².